The van der Waals surface area contributed by atoms with Crippen LogP contribution in [0.15, 0.2) is 22.7 Å². The van der Waals surface area contributed by atoms with Crippen LogP contribution >= 0.6 is 27.7 Å². The van der Waals surface area contributed by atoms with Gasteiger partial charge in [-0.1, -0.05) is 15.9 Å². The number of hydrogen-bond donors (Lipinski definition) is 0. The Morgan fingerprint density at radius 1 is 1.56 bits per heavy atom. The third kappa shape index (κ3) is 2.43. The van der Waals surface area contributed by atoms with Crippen LogP contribution in [0.1, 0.15) is 16.8 Å². The van der Waals surface area contributed by atoms with E-state index in [1.807, 2.05) is 30.0 Å². The normalized spacial score (nSPS) is 19.8. The predicted octanol–water partition coefficient (Wildman–Crippen LogP) is 3.39. The topological polar surface area (TPSA) is 26.3 Å². The Labute approximate surface area is 108 Å². The van der Waals surface area contributed by atoms with E-state index in [2.05, 4.69) is 15.9 Å². The van der Waals surface area contributed by atoms with Gasteiger partial charge in [-0.05, 0) is 30.4 Å². The van der Waals surface area contributed by atoms with Crippen molar-refractivity contribution in [2.45, 2.75) is 6.42 Å². The lowest BCUT2D eigenvalue weighted by molar-refractivity contribution is 0.0932. The Bertz CT molecular complexity index is 400. The van der Waals surface area contributed by atoms with Gasteiger partial charge < -0.3 is 4.74 Å². The van der Waals surface area contributed by atoms with Gasteiger partial charge in [0.05, 0.1) is 7.11 Å². The van der Waals surface area contributed by atoms with Crippen molar-refractivity contribution in [3.63, 3.8) is 0 Å². The molecule has 1 saturated heterocycles. The highest BCUT2D eigenvalue weighted by Gasteiger charge is 2.25. The highest BCUT2D eigenvalue weighted by atomic mass is 79.9. The molecule has 4 heteroatoms. The van der Waals surface area contributed by atoms with Crippen LogP contribution in [-0.2, 0) is 0 Å². The molecule has 1 aromatic rings. The molecule has 86 valence electrons. The second-order valence-corrected chi connectivity index (χ2v) is 5.77. The van der Waals surface area contributed by atoms with E-state index in [9.17, 15) is 4.79 Å². The Hall–Kier alpha value is -0.480. The molecule has 1 fully saturated rings. The molecule has 2 rings (SSSR count). The first-order chi connectivity index (χ1) is 7.72. The molecule has 0 bridgehead atoms. The molecule has 1 atom stereocenters. The highest BCUT2D eigenvalue weighted by molar-refractivity contribution is 9.10. The van der Waals surface area contributed by atoms with Crippen molar-refractivity contribution >= 4 is 33.5 Å². The third-order valence-electron chi connectivity index (χ3n) is 2.74. The molecule has 1 aliphatic rings. The van der Waals surface area contributed by atoms with Crippen LogP contribution in [-0.4, -0.2) is 24.4 Å². The Morgan fingerprint density at radius 2 is 2.38 bits per heavy atom. The maximum absolute atomic E-state index is 12.2. The lowest BCUT2D eigenvalue weighted by Gasteiger charge is -2.10. The second kappa shape index (κ2) is 5.23. The molecule has 1 aromatic carbocycles. The second-order valence-electron chi connectivity index (χ2n) is 3.77. The number of halogens is 1. The van der Waals surface area contributed by atoms with E-state index in [0.29, 0.717) is 0 Å². The summed E-state index contributed by atoms with van der Waals surface area (Å²) in [5, 5.41) is 0. The average molecular weight is 301 g/mol. The van der Waals surface area contributed by atoms with Crippen molar-refractivity contribution in [3.05, 3.63) is 28.2 Å². The average Bonchev–Trinajstić information content (AvgIpc) is 2.82. The minimum Gasteiger partial charge on any atom is -0.497 e. The zero-order valence-electron chi connectivity index (χ0n) is 9.03. The van der Waals surface area contributed by atoms with Crippen molar-refractivity contribution in [1.82, 2.24) is 0 Å². The molecule has 0 amide bonds. The number of thioether (sulfide) groups is 1. The molecular formula is C12H13BrO2S. The first kappa shape index (κ1) is 12.0. The molecule has 2 nitrogen and oxygen atoms in total. The van der Waals surface area contributed by atoms with Gasteiger partial charge in [-0.3, -0.25) is 4.79 Å². The fourth-order valence-corrected chi connectivity index (χ4v) is 3.44. The van der Waals surface area contributed by atoms with E-state index >= 15 is 0 Å². The van der Waals surface area contributed by atoms with Gasteiger partial charge in [-0.15, -0.1) is 0 Å². The summed E-state index contributed by atoms with van der Waals surface area (Å²) in [5.74, 6) is 3.18. The quantitative estimate of drug-likeness (QED) is 0.801. The van der Waals surface area contributed by atoms with Gasteiger partial charge in [0.15, 0.2) is 5.78 Å². The molecule has 1 unspecified atom stereocenters. The zero-order valence-corrected chi connectivity index (χ0v) is 11.4. The summed E-state index contributed by atoms with van der Waals surface area (Å²) in [6.45, 7) is 0. The standard InChI is InChI=1S/C12H13BrO2S/c1-15-9-2-3-11(13)10(6-9)12(14)8-4-5-16-7-8/h2-3,6,8H,4-5,7H2,1H3. The molecule has 1 aliphatic heterocycles. The van der Waals surface area contributed by atoms with Crippen molar-refractivity contribution in [3.8, 4) is 5.75 Å². The maximum atomic E-state index is 12.2. The van der Waals surface area contributed by atoms with Crippen LogP contribution in [0.5, 0.6) is 5.75 Å². The highest BCUT2D eigenvalue weighted by Crippen LogP contribution is 2.30. The van der Waals surface area contributed by atoms with Gasteiger partial charge in [-0.2, -0.15) is 11.8 Å². The van der Waals surface area contributed by atoms with E-state index in [4.69, 9.17) is 4.74 Å². The first-order valence-electron chi connectivity index (χ1n) is 5.18. The molecular weight excluding hydrogens is 288 g/mol. The van der Waals surface area contributed by atoms with E-state index < -0.39 is 0 Å². The van der Waals surface area contributed by atoms with Crippen LogP contribution in [0.2, 0.25) is 0 Å². The number of carbonyl (C=O) groups is 1. The van der Waals surface area contributed by atoms with Gasteiger partial charge >= 0.3 is 0 Å². The van der Waals surface area contributed by atoms with Gasteiger partial charge in [-0.25, -0.2) is 0 Å². The number of rotatable bonds is 3. The number of Topliss-reactive ketones (excluding diaryl/α,β-unsaturated/α-hetero) is 1. The van der Waals surface area contributed by atoms with Crippen molar-refractivity contribution in [2.24, 2.45) is 5.92 Å². The molecule has 0 radical (unpaired) electrons. The molecule has 0 saturated carbocycles. The fraction of sp³-hybridized carbons (Fsp3) is 0.417. The monoisotopic (exact) mass is 300 g/mol. The minimum absolute atomic E-state index is 0.174. The largest absolute Gasteiger partial charge is 0.497 e. The molecule has 0 N–H and O–H groups in total. The fourth-order valence-electron chi connectivity index (χ4n) is 1.78. The summed E-state index contributed by atoms with van der Waals surface area (Å²) in [5.41, 5.74) is 0.742. The van der Waals surface area contributed by atoms with Crippen molar-refractivity contribution in [2.75, 3.05) is 18.6 Å². The zero-order chi connectivity index (χ0) is 11.5. The lowest BCUT2D eigenvalue weighted by Crippen LogP contribution is -2.14. The summed E-state index contributed by atoms with van der Waals surface area (Å²) in [7, 11) is 1.61. The van der Waals surface area contributed by atoms with Gasteiger partial charge in [0.25, 0.3) is 0 Å². The van der Waals surface area contributed by atoms with E-state index in [-0.39, 0.29) is 11.7 Å². The van der Waals surface area contributed by atoms with Crippen LogP contribution in [0.25, 0.3) is 0 Å². The van der Waals surface area contributed by atoms with Crippen LogP contribution in [0.4, 0.5) is 0 Å². The molecule has 16 heavy (non-hydrogen) atoms. The summed E-state index contributed by atoms with van der Waals surface area (Å²) >= 11 is 5.28. The van der Waals surface area contributed by atoms with Gasteiger partial charge in [0.2, 0.25) is 0 Å². The Morgan fingerprint density at radius 3 is 3.00 bits per heavy atom. The number of ether oxygens (including phenoxy) is 1. The summed E-state index contributed by atoms with van der Waals surface area (Å²) in [6, 6.07) is 5.54. The van der Waals surface area contributed by atoms with Gasteiger partial charge in [0, 0.05) is 21.7 Å². The first-order valence-corrected chi connectivity index (χ1v) is 7.12. The van der Waals surface area contributed by atoms with Crippen molar-refractivity contribution in [1.29, 1.82) is 0 Å². The number of carbonyl (C=O) groups excluding carboxylic acids is 1. The molecule has 1 heterocycles. The number of hydrogen-bond acceptors (Lipinski definition) is 3. The third-order valence-corrected chi connectivity index (χ3v) is 4.59. The summed E-state index contributed by atoms with van der Waals surface area (Å²) in [6.07, 6.45) is 0.993. The minimum atomic E-state index is 0.174. The molecule has 0 aliphatic carbocycles. The van der Waals surface area contributed by atoms with E-state index in [0.717, 1.165) is 33.7 Å². The number of methoxy groups -OCH3 is 1. The van der Waals surface area contributed by atoms with Gasteiger partial charge in [0.1, 0.15) is 5.75 Å². The van der Waals surface area contributed by atoms with Crippen LogP contribution in [0, 0.1) is 5.92 Å². The van der Waals surface area contributed by atoms with Crippen LogP contribution in [0.3, 0.4) is 0 Å². The predicted molar refractivity (Wildman–Crippen MR) is 70.5 cm³/mol. The smallest absolute Gasteiger partial charge is 0.168 e. The Kier molecular flexibility index (Phi) is 3.92. The summed E-state index contributed by atoms with van der Waals surface area (Å²) < 4.78 is 6.00. The number of ketones is 1. The van der Waals surface area contributed by atoms with Crippen molar-refractivity contribution < 1.29 is 9.53 Å². The lowest BCUT2D eigenvalue weighted by atomic mass is 9.97. The van der Waals surface area contributed by atoms with E-state index in [1.165, 1.54) is 0 Å². The maximum Gasteiger partial charge on any atom is 0.168 e. The summed E-state index contributed by atoms with van der Waals surface area (Å²) in [4.78, 5) is 12.2. The Balaban J connectivity index is 2.27. The molecule has 0 spiro atoms. The SMILES string of the molecule is COc1ccc(Br)c(C(=O)C2CCSC2)c1. The molecule has 0 aromatic heterocycles. The van der Waals surface area contributed by atoms with E-state index in [1.54, 1.807) is 7.11 Å². The number of benzene rings is 1. The van der Waals surface area contributed by atoms with Crippen LogP contribution < -0.4 is 4.74 Å².